The van der Waals surface area contributed by atoms with E-state index >= 15 is 0 Å². The smallest absolute Gasteiger partial charge is 0.0712 e. The monoisotopic (exact) mass is 226 g/mol. The van der Waals surface area contributed by atoms with Crippen LogP contribution in [-0.2, 0) is 0 Å². The number of alkyl halides is 1. The molecule has 0 saturated carbocycles. The molecule has 1 aromatic rings. The molecule has 0 aliphatic rings. The number of benzene rings is 1. The number of likely N-dealkylation sites (N-methyl/N-ethyl adjacent to an activating group) is 1. The summed E-state index contributed by atoms with van der Waals surface area (Å²) < 4.78 is 0. The first-order valence-corrected chi connectivity index (χ1v) is 5.50. The van der Waals surface area contributed by atoms with Crippen LogP contribution in [0.5, 0.6) is 0 Å². The van der Waals surface area contributed by atoms with Crippen molar-refractivity contribution in [1.29, 1.82) is 0 Å². The number of anilines is 1. The molecule has 15 heavy (non-hydrogen) atoms. The van der Waals surface area contributed by atoms with Gasteiger partial charge < -0.3 is 9.80 Å². The van der Waals surface area contributed by atoms with Crippen LogP contribution < -0.4 is 4.90 Å². The molecule has 2 nitrogen and oxygen atoms in total. The number of nitrogens with zero attached hydrogens (tertiary/aromatic N) is 2. The van der Waals surface area contributed by atoms with Crippen LogP contribution >= 0.6 is 11.6 Å². The molecule has 0 heterocycles. The van der Waals surface area contributed by atoms with Crippen molar-refractivity contribution < 1.29 is 0 Å². The fourth-order valence-corrected chi connectivity index (χ4v) is 1.83. The first kappa shape index (κ1) is 12.3. The van der Waals surface area contributed by atoms with E-state index in [1.807, 2.05) is 28.2 Å². The Morgan fingerprint density at radius 1 is 1.07 bits per heavy atom. The van der Waals surface area contributed by atoms with E-state index in [1.165, 1.54) is 11.3 Å². The lowest BCUT2D eigenvalue weighted by molar-refractivity contribution is 0.408. The minimum absolute atomic E-state index is 0.0659. The lowest BCUT2D eigenvalue weighted by atomic mass is 10.1. The number of hydrogen-bond acceptors (Lipinski definition) is 2. The van der Waals surface area contributed by atoms with Gasteiger partial charge in [-0.15, -0.1) is 11.6 Å². The number of rotatable bonds is 4. The lowest BCUT2D eigenvalue weighted by Crippen LogP contribution is -2.17. The van der Waals surface area contributed by atoms with Gasteiger partial charge in [0.05, 0.1) is 5.38 Å². The Morgan fingerprint density at radius 3 is 2.00 bits per heavy atom. The Balaban J connectivity index is 2.71. The molecular weight excluding hydrogens is 208 g/mol. The summed E-state index contributed by atoms with van der Waals surface area (Å²) in [6.07, 6.45) is 0. The van der Waals surface area contributed by atoms with Crippen molar-refractivity contribution in [1.82, 2.24) is 4.90 Å². The normalized spacial score (nSPS) is 12.9. The van der Waals surface area contributed by atoms with Crippen LogP contribution in [-0.4, -0.2) is 39.6 Å². The SMILES string of the molecule is CN(C)CC(Cl)c1ccc(N(C)C)cc1. The van der Waals surface area contributed by atoms with Crippen molar-refractivity contribution >= 4 is 17.3 Å². The fourth-order valence-electron chi connectivity index (χ4n) is 1.41. The third-order valence-corrected chi connectivity index (χ3v) is 2.69. The van der Waals surface area contributed by atoms with Gasteiger partial charge in [-0.3, -0.25) is 0 Å². The largest absolute Gasteiger partial charge is 0.378 e. The molecule has 84 valence electrons. The van der Waals surface area contributed by atoms with E-state index in [1.54, 1.807) is 0 Å². The molecule has 0 aliphatic heterocycles. The highest BCUT2D eigenvalue weighted by molar-refractivity contribution is 6.21. The van der Waals surface area contributed by atoms with Gasteiger partial charge >= 0.3 is 0 Å². The van der Waals surface area contributed by atoms with E-state index in [4.69, 9.17) is 11.6 Å². The van der Waals surface area contributed by atoms with Crippen LogP contribution in [0.15, 0.2) is 24.3 Å². The van der Waals surface area contributed by atoms with Gasteiger partial charge in [0, 0.05) is 26.3 Å². The molecule has 1 atom stereocenters. The van der Waals surface area contributed by atoms with Gasteiger partial charge in [-0.25, -0.2) is 0 Å². The summed E-state index contributed by atoms with van der Waals surface area (Å²) >= 11 is 6.28. The molecule has 0 fully saturated rings. The summed E-state index contributed by atoms with van der Waals surface area (Å²) in [7, 11) is 8.13. The summed E-state index contributed by atoms with van der Waals surface area (Å²) in [6.45, 7) is 0.864. The molecule has 0 spiro atoms. The molecule has 0 saturated heterocycles. The van der Waals surface area contributed by atoms with E-state index in [0.29, 0.717) is 0 Å². The fraction of sp³-hybridized carbons (Fsp3) is 0.500. The molecular formula is C12H19ClN2. The Hall–Kier alpha value is -0.730. The molecule has 1 rings (SSSR count). The lowest BCUT2D eigenvalue weighted by Gasteiger charge is -2.17. The van der Waals surface area contributed by atoms with Crippen molar-refractivity contribution in [2.45, 2.75) is 5.38 Å². The third kappa shape index (κ3) is 3.73. The Labute approximate surface area is 97.4 Å². The van der Waals surface area contributed by atoms with Crippen LogP contribution in [0.25, 0.3) is 0 Å². The molecule has 0 aromatic heterocycles. The van der Waals surface area contributed by atoms with E-state index in [9.17, 15) is 0 Å². The van der Waals surface area contributed by atoms with Gasteiger partial charge in [0.2, 0.25) is 0 Å². The van der Waals surface area contributed by atoms with Crippen molar-refractivity contribution in [3.8, 4) is 0 Å². The molecule has 0 aliphatic carbocycles. The summed E-state index contributed by atoms with van der Waals surface area (Å²) in [6, 6.07) is 8.38. The van der Waals surface area contributed by atoms with Crippen LogP contribution in [0, 0.1) is 0 Å². The Morgan fingerprint density at radius 2 is 1.60 bits per heavy atom. The highest BCUT2D eigenvalue weighted by atomic mass is 35.5. The van der Waals surface area contributed by atoms with Gasteiger partial charge in [0.15, 0.2) is 0 Å². The summed E-state index contributed by atoms with van der Waals surface area (Å²) in [5.74, 6) is 0. The van der Waals surface area contributed by atoms with Crippen LogP contribution in [0.4, 0.5) is 5.69 Å². The Bertz CT molecular complexity index is 293. The summed E-state index contributed by atoms with van der Waals surface area (Å²) in [4.78, 5) is 4.18. The molecule has 0 bridgehead atoms. The molecule has 0 amide bonds. The minimum atomic E-state index is 0.0659. The number of halogens is 1. The zero-order valence-corrected chi connectivity index (χ0v) is 10.6. The van der Waals surface area contributed by atoms with Crippen LogP contribution in [0.3, 0.4) is 0 Å². The summed E-state index contributed by atoms with van der Waals surface area (Å²) in [5.41, 5.74) is 2.38. The average Bonchev–Trinajstić information content (AvgIpc) is 2.17. The second kappa shape index (κ2) is 5.38. The topological polar surface area (TPSA) is 6.48 Å². The molecule has 1 aromatic carbocycles. The predicted molar refractivity (Wildman–Crippen MR) is 67.9 cm³/mol. The number of hydrogen-bond donors (Lipinski definition) is 0. The van der Waals surface area contributed by atoms with Gasteiger partial charge in [0.25, 0.3) is 0 Å². The second-order valence-electron chi connectivity index (χ2n) is 4.22. The van der Waals surface area contributed by atoms with Crippen LogP contribution in [0.1, 0.15) is 10.9 Å². The highest BCUT2D eigenvalue weighted by Crippen LogP contribution is 2.23. The predicted octanol–water partition coefficient (Wildman–Crippen LogP) is 2.59. The Kier molecular flexibility index (Phi) is 4.43. The zero-order chi connectivity index (χ0) is 11.4. The minimum Gasteiger partial charge on any atom is -0.378 e. The first-order chi connectivity index (χ1) is 7.00. The van der Waals surface area contributed by atoms with Gasteiger partial charge in [-0.1, -0.05) is 12.1 Å². The van der Waals surface area contributed by atoms with Crippen molar-refractivity contribution in [2.24, 2.45) is 0 Å². The van der Waals surface area contributed by atoms with E-state index in [-0.39, 0.29) is 5.38 Å². The maximum Gasteiger partial charge on any atom is 0.0712 e. The van der Waals surface area contributed by atoms with Gasteiger partial charge in [0.1, 0.15) is 0 Å². The maximum absolute atomic E-state index is 6.28. The van der Waals surface area contributed by atoms with E-state index in [0.717, 1.165) is 6.54 Å². The molecule has 1 unspecified atom stereocenters. The maximum atomic E-state index is 6.28. The molecule has 0 N–H and O–H groups in total. The van der Waals surface area contributed by atoms with Gasteiger partial charge in [-0.2, -0.15) is 0 Å². The molecule has 0 radical (unpaired) electrons. The van der Waals surface area contributed by atoms with E-state index < -0.39 is 0 Å². The standard InChI is InChI=1S/C12H19ClN2/c1-14(2)9-12(13)10-5-7-11(8-6-10)15(3)4/h5-8,12H,9H2,1-4H3. The highest BCUT2D eigenvalue weighted by Gasteiger charge is 2.08. The first-order valence-electron chi connectivity index (χ1n) is 5.07. The molecule has 3 heteroatoms. The zero-order valence-electron chi connectivity index (χ0n) is 9.87. The van der Waals surface area contributed by atoms with Crippen molar-refractivity contribution in [2.75, 3.05) is 39.6 Å². The average molecular weight is 227 g/mol. The van der Waals surface area contributed by atoms with Crippen molar-refractivity contribution in [3.05, 3.63) is 29.8 Å². The quantitative estimate of drug-likeness (QED) is 0.729. The van der Waals surface area contributed by atoms with E-state index in [2.05, 4.69) is 34.1 Å². The van der Waals surface area contributed by atoms with Crippen LogP contribution in [0.2, 0.25) is 0 Å². The van der Waals surface area contributed by atoms with Gasteiger partial charge in [-0.05, 0) is 31.8 Å². The third-order valence-electron chi connectivity index (χ3n) is 2.30. The second-order valence-corrected chi connectivity index (χ2v) is 4.74. The van der Waals surface area contributed by atoms with Crippen molar-refractivity contribution in [3.63, 3.8) is 0 Å². The summed E-state index contributed by atoms with van der Waals surface area (Å²) in [5, 5.41) is 0.0659.